The average molecular weight is 485 g/mol. The topological polar surface area (TPSA) is 38.7 Å². The van der Waals surface area contributed by atoms with E-state index in [4.69, 9.17) is 9.47 Å². The largest absolute Gasteiger partial charge is 0.373 e. The van der Waals surface area contributed by atoms with Gasteiger partial charge in [-0.15, -0.1) is 0 Å². The van der Waals surface area contributed by atoms with Crippen molar-refractivity contribution < 1.29 is 14.6 Å². The molecule has 0 aliphatic rings. The fourth-order valence-corrected chi connectivity index (χ4v) is 4.58. The highest BCUT2D eigenvalue weighted by Crippen LogP contribution is 2.14. The molecular formula is C31H64O3. The van der Waals surface area contributed by atoms with Crippen LogP contribution < -0.4 is 0 Å². The Bertz CT molecular complexity index is 327. The van der Waals surface area contributed by atoms with Crippen LogP contribution in [0.5, 0.6) is 0 Å². The third-order valence-corrected chi connectivity index (χ3v) is 7.07. The van der Waals surface area contributed by atoms with Crippen LogP contribution in [0.4, 0.5) is 0 Å². The van der Waals surface area contributed by atoms with Crippen molar-refractivity contribution in [1.29, 1.82) is 0 Å². The molecule has 0 bridgehead atoms. The quantitative estimate of drug-likeness (QED) is 0.0847. The van der Waals surface area contributed by atoms with E-state index in [1.165, 1.54) is 141 Å². The molecule has 0 aromatic heterocycles. The van der Waals surface area contributed by atoms with E-state index in [-0.39, 0.29) is 6.10 Å². The number of rotatable bonds is 29. The van der Waals surface area contributed by atoms with Crippen molar-refractivity contribution in [2.45, 2.75) is 187 Å². The Hall–Kier alpha value is -0.120. The Morgan fingerprint density at radius 3 is 1.00 bits per heavy atom. The van der Waals surface area contributed by atoms with E-state index in [0.717, 1.165) is 19.4 Å². The minimum absolute atomic E-state index is 0.231. The molecule has 0 saturated heterocycles. The highest BCUT2D eigenvalue weighted by atomic mass is 16.6. The molecule has 3 heteroatoms. The second kappa shape index (κ2) is 29.1. The van der Waals surface area contributed by atoms with Crippen LogP contribution in [-0.4, -0.2) is 30.7 Å². The maximum atomic E-state index is 10.1. The highest BCUT2D eigenvalue weighted by molar-refractivity contribution is 4.55. The lowest BCUT2D eigenvalue weighted by atomic mass is 10.1. The molecule has 0 amide bonds. The maximum absolute atomic E-state index is 10.1. The minimum atomic E-state index is -0.787. The summed E-state index contributed by atoms with van der Waals surface area (Å²) >= 11 is 0. The molecule has 0 aliphatic carbocycles. The smallest absolute Gasteiger partial charge is 0.180 e. The molecule has 2 unspecified atom stereocenters. The van der Waals surface area contributed by atoms with Crippen molar-refractivity contribution in [1.82, 2.24) is 0 Å². The first-order valence-corrected chi connectivity index (χ1v) is 15.6. The molecule has 0 heterocycles. The van der Waals surface area contributed by atoms with E-state index in [1.54, 1.807) is 0 Å². The molecule has 0 aromatic rings. The first-order chi connectivity index (χ1) is 16.7. The molecule has 0 spiro atoms. The summed E-state index contributed by atoms with van der Waals surface area (Å²) in [6, 6.07) is 0. The van der Waals surface area contributed by atoms with Gasteiger partial charge < -0.3 is 14.6 Å². The monoisotopic (exact) mass is 484 g/mol. The van der Waals surface area contributed by atoms with Gasteiger partial charge in [-0.1, -0.05) is 155 Å². The molecule has 1 N–H and O–H groups in total. The number of aliphatic hydroxyl groups is 1. The van der Waals surface area contributed by atoms with Crippen LogP contribution in [0.25, 0.3) is 0 Å². The summed E-state index contributed by atoms with van der Waals surface area (Å²) in [6.45, 7) is 7.86. The van der Waals surface area contributed by atoms with E-state index in [0.29, 0.717) is 6.61 Å². The van der Waals surface area contributed by atoms with Crippen molar-refractivity contribution in [3.8, 4) is 0 Å². The zero-order valence-electron chi connectivity index (χ0n) is 23.8. The molecule has 206 valence electrons. The van der Waals surface area contributed by atoms with Gasteiger partial charge in [-0.05, 0) is 19.8 Å². The number of ether oxygens (including phenoxy) is 2. The van der Waals surface area contributed by atoms with E-state index >= 15 is 0 Å². The summed E-state index contributed by atoms with van der Waals surface area (Å²) in [4.78, 5) is 0. The van der Waals surface area contributed by atoms with E-state index in [2.05, 4.69) is 13.8 Å². The third kappa shape index (κ3) is 26.5. The highest BCUT2D eigenvalue weighted by Gasteiger charge is 2.14. The van der Waals surface area contributed by atoms with Crippen molar-refractivity contribution >= 4 is 0 Å². The minimum Gasteiger partial charge on any atom is -0.373 e. The number of unbranched alkanes of at least 4 members (excludes halogenated alkanes) is 22. The standard InChI is InChI=1S/C31H64O3/c1-4-6-8-10-12-14-16-18-20-22-24-26-28-33-30(3)31(32)34-29-27-25-23-21-19-17-15-13-11-9-7-5-2/h30-32H,4-29H2,1-3H3. The van der Waals surface area contributed by atoms with Crippen LogP contribution >= 0.6 is 0 Å². The molecule has 0 saturated carbocycles. The van der Waals surface area contributed by atoms with Crippen LogP contribution in [0.3, 0.4) is 0 Å². The Morgan fingerprint density at radius 2 is 0.676 bits per heavy atom. The molecule has 2 atom stereocenters. The van der Waals surface area contributed by atoms with Crippen LogP contribution in [-0.2, 0) is 9.47 Å². The number of hydrogen-bond donors (Lipinski definition) is 1. The lowest BCUT2D eigenvalue weighted by molar-refractivity contribution is -0.173. The molecule has 0 aliphatic heterocycles. The molecular weight excluding hydrogens is 420 g/mol. The summed E-state index contributed by atoms with van der Waals surface area (Å²) in [6.07, 6.45) is 31.3. The van der Waals surface area contributed by atoms with Crippen LogP contribution in [0, 0.1) is 0 Å². The summed E-state index contributed by atoms with van der Waals surface area (Å²) in [5.74, 6) is 0. The normalized spacial score (nSPS) is 13.4. The first-order valence-electron chi connectivity index (χ1n) is 15.6. The van der Waals surface area contributed by atoms with Crippen LogP contribution in [0.1, 0.15) is 175 Å². The Balaban J connectivity index is 3.28. The second-order valence-corrected chi connectivity index (χ2v) is 10.6. The van der Waals surface area contributed by atoms with Gasteiger partial charge in [-0.25, -0.2) is 0 Å². The van der Waals surface area contributed by atoms with E-state index in [9.17, 15) is 5.11 Å². The predicted molar refractivity (Wildman–Crippen MR) is 150 cm³/mol. The van der Waals surface area contributed by atoms with Gasteiger partial charge >= 0.3 is 0 Å². The third-order valence-electron chi connectivity index (χ3n) is 7.07. The van der Waals surface area contributed by atoms with Crippen molar-refractivity contribution in [2.24, 2.45) is 0 Å². The van der Waals surface area contributed by atoms with E-state index in [1.807, 2.05) is 6.92 Å². The van der Waals surface area contributed by atoms with Crippen molar-refractivity contribution in [3.05, 3.63) is 0 Å². The lowest BCUT2D eigenvalue weighted by Crippen LogP contribution is -2.29. The number of hydrogen-bond acceptors (Lipinski definition) is 3. The fourth-order valence-electron chi connectivity index (χ4n) is 4.58. The first kappa shape index (κ1) is 33.9. The molecule has 0 radical (unpaired) electrons. The van der Waals surface area contributed by atoms with Gasteiger partial charge in [0.1, 0.15) is 6.10 Å². The molecule has 34 heavy (non-hydrogen) atoms. The van der Waals surface area contributed by atoms with Gasteiger partial charge in [-0.3, -0.25) is 0 Å². The SMILES string of the molecule is CCCCCCCCCCCCCCOC(C)C(O)OCCCCCCCCCCCCCC. The Kier molecular flexibility index (Phi) is 29.0. The summed E-state index contributed by atoms with van der Waals surface area (Å²) < 4.78 is 11.4. The van der Waals surface area contributed by atoms with Gasteiger partial charge in [0.25, 0.3) is 0 Å². The fraction of sp³-hybridized carbons (Fsp3) is 1.00. The second-order valence-electron chi connectivity index (χ2n) is 10.6. The van der Waals surface area contributed by atoms with Gasteiger partial charge in [-0.2, -0.15) is 0 Å². The van der Waals surface area contributed by atoms with Crippen molar-refractivity contribution in [2.75, 3.05) is 13.2 Å². The maximum Gasteiger partial charge on any atom is 0.180 e. The van der Waals surface area contributed by atoms with Crippen LogP contribution in [0.2, 0.25) is 0 Å². The molecule has 0 rings (SSSR count). The average Bonchev–Trinajstić information content (AvgIpc) is 2.84. The lowest BCUT2D eigenvalue weighted by Gasteiger charge is -2.20. The van der Waals surface area contributed by atoms with Gasteiger partial charge in [0, 0.05) is 13.2 Å². The van der Waals surface area contributed by atoms with Crippen molar-refractivity contribution in [3.63, 3.8) is 0 Å². The Labute approximate surface area is 215 Å². The molecule has 0 aromatic carbocycles. The number of aliphatic hydroxyl groups excluding tert-OH is 1. The molecule has 3 nitrogen and oxygen atoms in total. The predicted octanol–water partition coefficient (Wildman–Crippen LogP) is 10.1. The van der Waals surface area contributed by atoms with E-state index < -0.39 is 6.29 Å². The summed E-state index contributed by atoms with van der Waals surface area (Å²) in [5, 5.41) is 10.1. The molecule has 0 fully saturated rings. The zero-order valence-corrected chi connectivity index (χ0v) is 23.8. The van der Waals surface area contributed by atoms with Gasteiger partial charge in [0.15, 0.2) is 6.29 Å². The van der Waals surface area contributed by atoms with Gasteiger partial charge in [0.05, 0.1) is 0 Å². The Morgan fingerprint density at radius 1 is 0.412 bits per heavy atom. The summed E-state index contributed by atoms with van der Waals surface area (Å²) in [7, 11) is 0. The van der Waals surface area contributed by atoms with Gasteiger partial charge in [0.2, 0.25) is 0 Å². The zero-order chi connectivity index (χ0) is 25.0. The van der Waals surface area contributed by atoms with Crippen LogP contribution in [0.15, 0.2) is 0 Å². The summed E-state index contributed by atoms with van der Waals surface area (Å²) in [5.41, 5.74) is 0.